The second kappa shape index (κ2) is 8.63. The number of likely N-dealkylation sites (tertiary alicyclic amines) is 1. The molecule has 0 aromatic heterocycles. The molecule has 0 aliphatic carbocycles. The Morgan fingerprint density at radius 1 is 1.33 bits per heavy atom. The van der Waals surface area contributed by atoms with E-state index in [1.165, 1.54) is 4.90 Å². The fraction of sp³-hybridized carbons (Fsp3) is 0.600. The number of alkyl halides is 3. The third-order valence-electron chi connectivity index (χ3n) is 5.84. The van der Waals surface area contributed by atoms with Gasteiger partial charge in [0.05, 0.1) is 12.6 Å². The van der Waals surface area contributed by atoms with E-state index in [9.17, 15) is 22.8 Å². The molecule has 30 heavy (non-hydrogen) atoms. The van der Waals surface area contributed by atoms with Crippen LogP contribution in [0.3, 0.4) is 0 Å². The number of nitrogens with one attached hydrogen (secondary N) is 3. The molecule has 6 nitrogen and oxygen atoms in total. The first-order valence-corrected chi connectivity index (χ1v) is 10.2. The average Bonchev–Trinajstić information content (AvgIpc) is 3.07. The van der Waals surface area contributed by atoms with Gasteiger partial charge in [-0.05, 0) is 56.8 Å². The molecule has 2 heterocycles. The lowest BCUT2D eigenvalue weighted by molar-refractivity contribution is -0.164. The third-order valence-corrected chi connectivity index (χ3v) is 6.10. The Labute approximate surface area is 178 Å². The van der Waals surface area contributed by atoms with Gasteiger partial charge in [0.1, 0.15) is 6.04 Å². The molecule has 0 radical (unpaired) electrons. The predicted molar refractivity (Wildman–Crippen MR) is 107 cm³/mol. The molecule has 1 aromatic carbocycles. The summed E-state index contributed by atoms with van der Waals surface area (Å²) >= 11 is 6.00. The predicted octanol–water partition coefficient (Wildman–Crippen LogP) is 3.23. The first kappa shape index (κ1) is 22.7. The van der Waals surface area contributed by atoms with Crippen LogP contribution in [-0.4, -0.2) is 54.2 Å². The summed E-state index contributed by atoms with van der Waals surface area (Å²) in [4.78, 5) is 25.6. The maximum absolute atomic E-state index is 13.0. The van der Waals surface area contributed by atoms with Gasteiger partial charge in [0.2, 0.25) is 5.91 Å². The fourth-order valence-electron chi connectivity index (χ4n) is 4.30. The quantitative estimate of drug-likeness (QED) is 0.650. The zero-order valence-corrected chi connectivity index (χ0v) is 17.6. The lowest BCUT2D eigenvalue weighted by atomic mass is 9.77. The van der Waals surface area contributed by atoms with Crippen molar-refractivity contribution in [2.45, 2.75) is 50.5 Å². The summed E-state index contributed by atoms with van der Waals surface area (Å²) in [5.74, 6) is -0.400. The lowest BCUT2D eigenvalue weighted by Gasteiger charge is -2.48. The van der Waals surface area contributed by atoms with Gasteiger partial charge in [0.15, 0.2) is 0 Å². The lowest BCUT2D eigenvalue weighted by Crippen LogP contribution is -2.55. The van der Waals surface area contributed by atoms with Crippen molar-refractivity contribution < 1.29 is 22.8 Å². The van der Waals surface area contributed by atoms with Gasteiger partial charge in [-0.3, -0.25) is 9.69 Å². The average molecular weight is 447 g/mol. The van der Waals surface area contributed by atoms with Crippen molar-refractivity contribution in [1.82, 2.24) is 20.9 Å². The minimum Gasteiger partial charge on any atom is -0.347 e. The molecule has 2 aliphatic heterocycles. The van der Waals surface area contributed by atoms with Crippen LogP contribution in [0, 0.1) is 5.92 Å². The van der Waals surface area contributed by atoms with E-state index in [1.54, 1.807) is 26.0 Å². The van der Waals surface area contributed by atoms with Gasteiger partial charge in [-0.25, -0.2) is 4.79 Å². The molecule has 2 aliphatic rings. The first-order valence-electron chi connectivity index (χ1n) is 9.87. The number of hydrogen-bond acceptors (Lipinski definition) is 3. The Hall–Kier alpha value is -2.00. The molecule has 3 rings (SSSR count). The van der Waals surface area contributed by atoms with E-state index in [4.69, 9.17) is 11.6 Å². The SMILES string of the molecule is CC1(C)CC(C(NC(=O)[C@@H]2CNC(=O)N2)c2ccc(Cl)cc2)CCN1CC(F)(F)F. The standard InChI is InChI=1S/C20H26ClF3N4O2/c1-19(2)9-13(7-8-28(19)11-20(22,23)24)16(12-3-5-14(21)6-4-12)27-17(29)15-10-25-18(30)26-15/h3-6,13,15-16H,7-11H2,1-2H3,(H,27,29)(H2,25,26,30)/t13?,15-,16?/m0/s1. The maximum Gasteiger partial charge on any atom is 0.401 e. The van der Waals surface area contributed by atoms with Gasteiger partial charge in [0.25, 0.3) is 0 Å². The van der Waals surface area contributed by atoms with E-state index in [0.29, 0.717) is 17.9 Å². The van der Waals surface area contributed by atoms with Gasteiger partial charge >= 0.3 is 12.2 Å². The number of nitrogens with zero attached hydrogens (tertiary/aromatic N) is 1. The van der Waals surface area contributed by atoms with Gasteiger partial charge in [0, 0.05) is 17.1 Å². The van der Waals surface area contributed by atoms with Crippen LogP contribution in [-0.2, 0) is 4.79 Å². The molecule has 2 fully saturated rings. The van der Waals surface area contributed by atoms with Crippen LogP contribution in [0.4, 0.5) is 18.0 Å². The van der Waals surface area contributed by atoms with Crippen LogP contribution in [0.1, 0.15) is 38.3 Å². The van der Waals surface area contributed by atoms with Crippen molar-refractivity contribution in [3.8, 4) is 0 Å². The molecule has 1 aromatic rings. The van der Waals surface area contributed by atoms with Crippen LogP contribution < -0.4 is 16.0 Å². The topological polar surface area (TPSA) is 73.5 Å². The molecular weight excluding hydrogens is 421 g/mol. The second-order valence-corrected chi connectivity index (χ2v) is 8.98. The zero-order chi connectivity index (χ0) is 22.1. The Morgan fingerprint density at radius 3 is 2.53 bits per heavy atom. The van der Waals surface area contributed by atoms with Crippen molar-refractivity contribution in [1.29, 1.82) is 0 Å². The number of amides is 3. The highest BCUT2D eigenvalue weighted by atomic mass is 35.5. The number of hydrogen-bond donors (Lipinski definition) is 3. The molecule has 0 bridgehead atoms. The van der Waals surface area contributed by atoms with Crippen molar-refractivity contribution in [3.63, 3.8) is 0 Å². The zero-order valence-electron chi connectivity index (χ0n) is 16.9. The number of halogens is 4. The van der Waals surface area contributed by atoms with Crippen LogP contribution in [0.2, 0.25) is 5.02 Å². The van der Waals surface area contributed by atoms with Crippen LogP contribution >= 0.6 is 11.6 Å². The summed E-state index contributed by atoms with van der Waals surface area (Å²) in [6, 6.07) is 5.57. The van der Waals surface area contributed by atoms with Crippen LogP contribution in [0.25, 0.3) is 0 Å². The molecule has 3 N–H and O–H groups in total. The summed E-state index contributed by atoms with van der Waals surface area (Å²) in [6.45, 7) is 3.11. The van der Waals surface area contributed by atoms with Crippen molar-refractivity contribution in [3.05, 3.63) is 34.9 Å². The monoisotopic (exact) mass is 446 g/mol. The number of benzene rings is 1. The summed E-state index contributed by atoms with van der Waals surface area (Å²) in [6.07, 6.45) is -3.28. The van der Waals surface area contributed by atoms with Crippen LogP contribution in [0.5, 0.6) is 0 Å². The number of piperidine rings is 1. The van der Waals surface area contributed by atoms with Crippen molar-refractivity contribution in [2.24, 2.45) is 5.92 Å². The van der Waals surface area contributed by atoms with E-state index in [0.717, 1.165) is 5.56 Å². The summed E-state index contributed by atoms with van der Waals surface area (Å²) in [5, 5.41) is 8.67. The minimum atomic E-state index is -4.26. The fourth-order valence-corrected chi connectivity index (χ4v) is 4.43. The molecule has 3 atom stereocenters. The maximum atomic E-state index is 13.0. The van der Waals surface area contributed by atoms with E-state index in [2.05, 4.69) is 16.0 Å². The third kappa shape index (κ3) is 5.57. The molecule has 3 amide bonds. The summed E-state index contributed by atoms with van der Waals surface area (Å²) in [7, 11) is 0. The van der Waals surface area contributed by atoms with Gasteiger partial charge in [-0.1, -0.05) is 23.7 Å². The minimum absolute atomic E-state index is 0.0697. The van der Waals surface area contributed by atoms with Crippen molar-refractivity contribution >= 4 is 23.5 Å². The summed E-state index contributed by atoms with van der Waals surface area (Å²) in [5.41, 5.74) is 0.145. The molecule has 10 heteroatoms. The van der Waals surface area contributed by atoms with E-state index >= 15 is 0 Å². The smallest absolute Gasteiger partial charge is 0.347 e. The van der Waals surface area contributed by atoms with Crippen LogP contribution in [0.15, 0.2) is 24.3 Å². The molecule has 2 saturated heterocycles. The molecule has 166 valence electrons. The molecule has 0 saturated carbocycles. The number of carbonyl (C=O) groups is 2. The van der Waals surface area contributed by atoms with E-state index < -0.39 is 36.4 Å². The normalized spacial score (nSPS) is 25.3. The molecule has 2 unspecified atom stereocenters. The summed E-state index contributed by atoms with van der Waals surface area (Å²) < 4.78 is 38.9. The Morgan fingerprint density at radius 2 is 2.00 bits per heavy atom. The highest BCUT2D eigenvalue weighted by Gasteiger charge is 2.43. The first-order chi connectivity index (χ1) is 13.9. The molecular formula is C20H26ClF3N4O2. The number of rotatable bonds is 5. The Balaban J connectivity index is 1.79. The largest absolute Gasteiger partial charge is 0.401 e. The number of urea groups is 1. The Kier molecular flexibility index (Phi) is 6.52. The van der Waals surface area contributed by atoms with Gasteiger partial charge in [-0.15, -0.1) is 0 Å². The molecule has 0 spiro atoms. The Bertz CT molecular complexity index is 785. The van der Waals surface area contributed by atoms with E-state index in [1.807, 2.05) is 12.1 Å². The highest BCUT2D eigenvalue weighted by Crippen LogP contribution is 2.40. The second-order valence-electron chi connectivity index (χ2n) is 8.55. The van der Waals surface area contributed by atoms with Crippen molar-refractivity contribution in [2.75, 3.05) is 19.6 Å². The van der Waals surface area contributed by atoms with Gasteiger partial charge < -0.3 is 16.0 Å². The number of carbonyl (C=O) groups excluding carboxylic acids is 2. The van der Waals surface area contributed by atoms with Gasteiger partial charge in [-0.2, -0.15) is 13.2 Å². The highest BCUT2D eigenvalue weighted by molar-refractivity contribution is 6.30. The van der Waals surface area contributed by atoms with E-state index in [-0.39, 0.29) is 24.9 Å².